The summed E-state index contributed by atoms with van der Waals surface area (Å²) in [6.45, 7) is 0. The van der Waals surface area contributed by atoms with E-state index in [4.69, 9.17) is 5.26 Å². The molecule has 0 fully saturated rings. The van der Waals surface area contributed by atoms with E-state index in [-0.39, 0.29) is 5.75 Å². The molecule has 1 heterocycles. The Morgan fingerprint density at radius 2 is 2.14 bits per heavy atom. The Balaban J connectivity index is 2.56. The first-order valence-electron chi connectivity index (χ1n) is 4.08. The van der Waals surface area contributed by atoms with Gasteiger partial charge < -0.3 is 5.11 Å². The van der Waals surface area contributed by atoms with Gasteiger partial charge in [-0.3, -0.25) is 0 Å². The van der Waals surface area contributed by atoms with E-state index >= 15 is 0 Å². The predicted molar refractivity (Wildman–Crippen MR) is 56.1 cm³/mol. The van der Waals surface area contributed by atoms with Crippen molar-refractivity contribution in [3.63, 3.8) is 0 Å². The van der Waals surface area contributed by atoms with Gasteiger partial charge in [0.2, 0.25) is 0 Å². The van der Waals surface area contributed by atoms with Crippen LogP contribution in [0.5, 0.6) is 5.75 Å². The molecule has 2 aromatic rings. The summed E-state index contributed by atoms with van der Waals surface area (Å²) in [5.41, 5.74) is 1.76. The highest BCUT2D eigenvalue weighted by molar-refractivity contribution is 7.11. The fraction of sp³-hybridized carbons (Fsp3) is 0. The summed E-state index contributed by atoms with van der Waals surface area (Å²) in [5.74, 6) is 0.220. The van der Waals surface area contributed by atoms with Gasteiger partial charge >= 0.3 is 0 Å². The van der Waals surface area contributed by atoms with Crippen LogP contribution in [-0.2, 0) is 0 Å². The van der Waals surface area contributed by atoms with E-state index in [1.165, 1.54) is 11.3 Å². The van der Waals surface area contributed by atoms with Gasteiger partial charge in [-0.05, 0) is 29.1 Å². The van der Waals surface area contributed by atoms with E-state index < -0.39 is 0 Å². The van der Waals surface area contributed by atoms with Crippen LogP contribution in [-0.4, -0.2) is 5.11 Å². The lowest BCUT2D eigenvalue weighted by atomic mass is 10.1. The standard InChI is InChI=1S/C11H7NOS/c12-7-11-10(4-5-14-11)8-2-1-3-9(13)6-8/h1-6,13H. The second-order valence-corrected chi connectivity index (χ2v) is 3.74. The van der Waals surface area contributed by atoms with Crippen molar-refractivity contribution >= 4 is 11.3 Å². The summed E-state index contributed by atoms with van der Waals surface area (Å²) in [6.07, 6.45) is 0. The monoisotopic (exact) mass is 201 g/mol. The fourth-order valence-corrected chi connectivity index (χ4v) is 2.00. The zero-order valence-electron chi connectivity index (χ0n) is 7.27. The van der Waals surface area contributed by atoms with Crippen LogP contribution in [0.15, 0.2) is 35.7 Å². The summed E-state index contributed by atoms with van der Waals surface area (Å²) in [6, 6.07) is 10.9. The minimum atomic E-state index is 0.220. The number of aromatic hydroxyl groups is 1. The maximum Gasteiger partial charge on any atom is 0.116 e. The molecule has 0 bridgehead atoms. The van der Waals surface area contributed by atoms with E-state index in [9.17, 15) is 5.11 Å². The number of nitrogens with zero attached hydrogens (tertiary/aromatic N) is 1. The van der Waals surface area contributed by atoms with E-state index in [1.54, 1.807) is 18.2 Å². The minimum absolute atomic E-state index is 0.220. The molecule has 0 atom stereocenters. The molecule has 3 heteroatoms. The number of phenolic OH excluding ortho intramolecular Hbond substituents is 1. The smallest absolute Gasteiger partial charge is 0.116 e. The Bertz CT molecular complexity index is 496. The lowest BCUT2D eigenvalue weighted by Crippen LogP contribution is -1.76. The third kappa shape index (κ3) is 1.48. The van der Waals surface area contributed by atoms with Crippen molar-refractivity contribution in [3.8, 4) is 22.9 Å². The number of benzene rings is 1. The van der Waals surface area contributed by atoms with Crippen LogP contribution in [0, 0.1) is 11.3 Å². The van der Waals surface area contributed by atoms with Gasteiger partial charge in [-0.25, -0.2) is 0 Å². The van der Waals surface area contributed by atoms with Crippen molar-refractivity contribution in [1.29, 1.82) is 5.26 Å². The number of rotatable bonds is 1. The number of phenols is 1. The van der Waals surface area contributed by atoms with Gasteiger partial charge in [-0.1, -0.05) is 12.1 Å². The molecule has 1 N–H and O–H groups in total. The normalized spacial score (nSPS) is 9.64. The first-order valence-corrected chi connectivity index (χ1v) is 4.96. The molecule has 2 rings (SSSR count). The molecule has 68 valence electrons. The average Bonchev–Trinajstić information content (AvgIpc) is 2.65. The molecular weight excluding hydrogens is 194 g/mol. The highest BCUT2D eigenvalue weighted by Crippen LogP contribution is 2.29. The Morgan fingerprint density at radius 3 is 2.86 bits per heavy atom. The Hall–Kier alpha value is -1.79. The van der Waals surface area contributed by atoms with Crippen molar-refractivity contribution in [2.24, 2.45) is 0 Å². The molecule has 1 aromatic carbocycles. The molecule has 0 spiro atoms. The second-order valence-electron chi connectivity index (χ2n) is 2.83. The Labute approximate surface area is 85.7 Å². The topological polar surface area (TPSA) is 44.0 Å². The lowest BCUT2D eigenvalue weighted by Gasteiger charge is -1.99. The van der Waals surface area contributed by atoms with Crippen molar-refractivity contribution in [3.05, 3.63) is 40.6 Å². The molecule has 0 saturated heterocycles. The first-order chi connectivity index (χ1) is 6.81. The zero-order chi connectivity index (χ0) is 9.97. The SMILES string of the molecule is N#Cc1sccc1-c1cccc(O)c1. The van der Waals surface area contributed by atoms with Gasteiger partial charge in [-0.15, -0.1) is 11.3 Å². The van der Waals surface area contributed by atoms with E-state index in [0.29, 0.717) is 4.88 Å². The van der Waals surface area contributed by atoms with Gasteiger partial charge in [-0.2, -0.15) is 5.26 Å². The van der Waals surface area contributed by atoms with Gasteiger partial charge in [0.15, 0.2) is 0 Å². The van der Waals surface area contributed by atoms with Crippen molar-refractivity contribution in [2.45, 2.75) is 0 Å². The van der Waals surface area contributed by atoms with Crippen LogP contribution < -0.4 is 0 Å². The molecule has 0 unspecified atom stereocenters. The average molecular weight is 201 g/mol. The molecule has 0 aliphatic carbocycles. The molecule has 0 saturated carbocycles. The van der Waals surface area contributed by atoms with Gasteiger partial charge in [0.25, 0.3) is 0 Å². The zero-order valence-corrected chi connectivity index (χ0v) is 8.08. The number of thiophene rings is 1. The summed E-state index contributed by atoms with van der Waals surface area (Å²) in [7, 11) is 0. The maximum atomic E-state index is 9.30. The van der Waals surface area contributed by atoms with Crippen LogP contribution in [0.25, 0.3) is 11.1 Å². The first kappa shape index (κ1) is 8.79. The maximum absolute atomic E-state index is 9.30. The minimum Gasteiger partial charge on any atom is -0.508 e. The number of hydrogen-bond acceptors (Lipinski definition) is 3. The van der Waals surface area contributed by atoms with Crippen LogP contribution in [0.4, 0.5) is 0 Å². The molecule has 0 amide bonds. The van der Waals surface area contributed by atoms with E-state index in [2.05, 4.69) is 6.07 Å². The van der Waals surface area contributed by atoms with Crippen molar-refractivity contribution in [1.82, 2.24) is 0 Å². The number of hydrogen-bond donors (Lipinski definition) is 1. The quantitative estimate of drug-likeness (QED) is 0.770. The predicted octanol–water partition coefficient (Wildman–Crippen LogP) is 2.99. The molecule has 0 aliphatic rings. The summed E-state index contributed by atoms with van der Waals surface area (Å²) >= 11 is 1.41. The summed E-state index contributed by atoms with van der Waals surface area (Å²) in [4.78, 5) is 0.676. The van der Waals surface area contributed by atoms with Crippen LogP contribution in [0.1, 0.15) is 4.88 Å². The van der Waals surface area contributed by atoms with E-state index in [0.717, 1.165) is 11.1 Å². The van der Waals surface area contributed by atoms with Crippen molar-refractivity contribution < 1.29 is 5.11 Å². The highest BCUT2D eigenvalue weighted by atomic mass is 32.1. The third-order valence-electron chi connectivity index (χ3n) is 1.92. The third-order valence-corrected chi connectivity index (χ3v) is 2.74. The Morgan fingerprint density at radius 1 is 1.29 bits per heavy atom. The van der Waals surface area contributed by atoms with Gasteiger partial charge in [0, 0.05) is 5.56 Å². The second kappa shape index (κ2) is 3.52. The van der Waals surface area contributed by atoms with Crippen LogP contribution >= 0.6 is 11.3 Å². The van der Waals surface area contributed by atoms with Crippen LogP contribution in [0.3, 0.4) is 0 Å². The largest absolute Gasteiger partial charge is 0.508 e. The number of nitriles is 1. The highest BCUT2D eigenvalue weighted by Gasteiger charge is 2.05. The molecule has 2 nitrogen and oxygen atoms in total. The van der Waals surface area contributed by atoms with Gasteiger partial charge in [0.1, 0.15) is 16.7 Å². The molecule has 0 radical (unpaired) electrons. The van der Waals surface area contributed by atoms with Crippen LogP contribution in [0.2, 0.25) is 0 Å². The van der Waals surface area contributed by atoms with E-state index in [1.807, 2.05) is 17.5 Å². The molecule has 0 aliphatic heterocycles. The molecular formula is C11H7NOS. The summed E-state index contributed by atoms with van der Waals surface area (Å²) in [5, 5.41) is 20.0. The Kier molecular flexibility index (Phi) is 2.21. The summed E-state index contributed by atoms with van der Waals surface area (Å²) < 4.78 is 0. The molecule has 14 heavy (non-hydrogen) atoms. The lowest BCUT2D eigenvalue weighted by molar-refractivity contribution is 0.475. The molecule has 1 aromatic heterocycles. The van der Waals surface area contributed by atoms with Crippen molar-refractivity contribution in [2.75, 3.05) is 0 Å². The van der Waals surface area contributed by atoms with Gasteiger partial charge in [0.05, 0.1) is 0 Å². The fourth-order valence-electron chi connectivity index (χ4n) is 1.30.